The van der Waals surface area contributed by atoms with Crippen LogP contribution in [-0.2, 0) is 4.79 Å². The Kier molecular flexibility index (Phi) is 4.34. The summed E-state index contributed by atoms with van der Waals surface area (Å²) in [6.07, 6.45) is -3.20. The molecule has 16 heavy (non-hydrogen) atoms. The van der Waals surface area contributed by atoms with Gasteiger partial charge in [0.2, 0.25) is 12.3 Å². The first-order valence-electron chi connectivity index (χ1n) is 4.80. The maximum atomic E-state index is 13.3. The first-order chi connectivity index (χ1) is 7.50. The van der Waals surface area contributed by atoms with Gasteiger partial charge in [0.05, 0.1) is 6.04 Å². The van der Waals surface area contributed by atoms with Gasteiger partial charge in [-0.25, -0.2) is 13.2 Å². The van der Waals surface area contributed by atoms with Gasteiger partial charge >= 0.3 is 0 Å². The Hall–Kier alpha value is -1.52. The van der Waals surface area contributed by atoms with Crippen molar-refractivity contribution in [1.29, 1.82) is 0 Å². The van der Waals surface area contributed by atoms with Crippen LogP contribution in [0.3, 0.4) is 0 Å². The summed E-state index contributed by atoms with van der Waals surface area (Å²) < 4.78 is 37.9. The van der Waals surface area contributed by atoms with E-state index in [1.165, 1.54) is 25.1 Å². The molecule has 0 aliphatic rings. The van der Waals surface area contributed by atoms with E-state index in [4.69, 9.17) is 0 Å². The lowest BCUT2D eigenvalue weighted by Crippen LogP contribution is -2.28. The molecule has 0 fully saturated rings. The highest BCUT2D eigenvalue weighted by atomic mass is 19.3. The van der Waals surface area contributed by atoms with Gasteiger partial charge in [-0.3, -0.25) is 4.79 Å². The first-order valence-corrected chi connectivity index (χ1v) is 4.80. The second-order valence-electron chi connectivity index (χ2n) is 3.40. The highest BCUT2D eigenvalue weighted by molar-refractivity contribution is 5.73. The van der Waals surface area contributed by atoms with E-state index in [2.05, 4.69) is 5.32 Å². The molecule has 0 aliphatic carbocycles. The number of rotatable bonds is 4. The Morgan fingerprint density at radius 2 is 2.00 bits per heavy atom. The number of hydrogen-bond acceptors (Lipinski definition) is 1. The van der Waals surface area contributed by atoms with Crippen molar-refractivity contribution in [2.75, 3.05) is 0 Å². The molecule has 1 aromatic rings. The third kappa shape index (κ3) is 3.56. The molecular formula is C11H12F3NO. The number of nitrogens with one attached hydrogen (secondary N) is 1. The van der Waals surface area contributed by atoms with Crippen molar-refractivity contribution in [3.63, 3.8) is 0 Å². The molecule has 1 rings (SSSR count). The zero-order chi connectivity index (χ0) is 12.1. The van der Waals surface area contributed by atoms with Gasteiger partial charge < -0.3 is 5.32 Å². The van der Waals surface area contributed by atoms with Gasteiger partial charge in [-0.2, -0.15) is 0 Å². The van der Waals surface area contributed by atoms with Gasteiger partial charge in [-0.15, -0.1) is 0 Å². The predicted octanol–water partition coefficient (Wildman–Crippen LogP) is 2.66. The maximum absolute atomic E-state index is 13.3. The van der Waals surface area contributed by atoms with E-state index >= 15 is 0 Å². The van der Waals surface area contributed by atoms with Gasteiger partial charge in [-0.1, -0.05) is 18.2 Å². The average Bonchev–Trinajstić information content (AvgIpc) is 2.15. The van der Waals surface area contributed by atoms with E-state index in [1.54, 1.807) is 6.07 Å². The minimum atomic E-state index is -2.60. The minimum absolute atomic E-state index is 0.0815. The molecule has 0 bridgehead atoms. The van der Waals surface area contributed by atoms with Gasteiger partial charge in [0.1, 0.15) is 5.82 Å². The summed E-state index contributed by atoms with van der Waals surface area (Å²) in [7, 11) is 0. The Morgan fingerprint density at radius 3 is 2.50 bits per heavy atom. The third-order valence-electron chi connectivity index (χ3n) is 2.07. The zero-order valence-electron chi connectivity index (χ0n) is 8.71. The smallest absolute Gasteiger partial charge is 0.240 e. The number of hydrogen-bond donors (Lipinski definition) is 1. The molecule has 0 aromatic heterocycles. The summed E-state index contributed by atoms with van der Waals surface area (Å²) >= 11 is 0. The molecule has 1 N–H and O–H groups in total. The Labute approximate surface area is 91.5 Å². The van der Waals surface area contributed by atoms with Crippen LogP contribution < -0.4 is 5.32 Å². The minimum Gasteiger partial charge on any atom is -0.349 e. The summed E-state index contributed by atoms with van der Waals surface area (Å²) in [6.45, 7) is 1.21. The van der Waals surface area contributed by atoms with Crippen LogP contribution in [0.15, 0.2) is 24.3 Å². The monoisotopic (exact) mass is 231 g/mol. The third-order valence-corrected chi connectivity index (χ3v) is 2.07. The lowest BCUT2D eigenvalue weighted by molar-refractivity contribution is -0.119. The molecule has 88 valence electrons. The van der Waals surface area contributed by atoms with E-state index in [0.717, 1.165) is 0 Å². The normalized spacial score (nSPS) is 12.6. The van der Waals surface area contributed by atoms with Crippen LogP contribution in [0.5, 0.6) is 0 Å². The molecule has 0 aliphatic heterocycles. The van der Waals surface area contributed by atoms with Crippen molar-refractivity contribution in [2.24, 2.45) is 0 Å². The van der Waals surface area contributed by atoms with Crippen LogP contribution in [-0.4, -0.2) is 12.3 Å². The summed E-state index contributed by atoms with van der Waals surface area (Å²) in [4.78, 5) is 10.8. The number of amides is 1. The molecule has 0 saturated carbocycles. The molecule has 0 heterocycles. The van der Waals surface area contributed by atoms with Crippen molar-refractivity contribution in [3.05, 3.63) is 35.6 Å². The second kappa shape index (κ2) is 5.53. The van der Waals surface area contributed by atoms with E-state index in [1.807, 2.05) is 0 Å². The standard InChI is InChI=1S/C11H12F3NO/c1-7(16)15-10(6-11(13)14)8-4-2-3-5-9(8)12/h2-5,10-11H,6H2,1H3,(H,15,16). The van der Waals surface area contributed by atoms with Crippen LogP contribution in [0.2, 0.25) is 0 Å². The van der Waals surface area contributed by atoms with E-state index in [9.17, 15) is 18.0 Å². The highest BCUT2D eigenvalue weighted by Crippen LogP contribution is 2.22. The second-order valence-corrected chi connectivity index (χ2v) is 3.40. The maximum Gasteiger partial charge on any atom is 0.240 e. The van der Waals surface area contributed by atoms with Crippen LogP contribution >= 0.6 is 0 Å². The molecule has 1 unspecified atom stereocenters. The molecule has 2 nitrogen and oxygen atoms in total. The topological polar surface area (TPSA) is 29.1 Å². The molecule has 0 radical (unpaired) electrons. The van der Waals surface area contributed by atoms with Gasteiger partial charge in [0.25, 0.3) is 0 Å². The Morgan fingerprint density at radius 1 is 1.38 bits per heavy atom. The van der Waals surface area contributed by atoms with E-state index in [0.29, 0.717) is 0 Å². The highest BCUT2D eigenvalue weighted by Gasteiger charge is 2.20. The summed E-state index contributed by atoms with van der Waals surface area (Å²) in [5.41, 5.74) is 0.0815. The van der Waals surface area contributed by atoms with Gasteiger partial charge in [-0.05, 0) is 6.07 Å². The van der Waals surface area contributed by atoms with Crippen molar-refractivity contribution < 1.29 is 18.0 Å². The van der Waals surface area contributed by atoms with E-state index in [-0.39, 0.29) is 5.56 Å². The fraction of sp³-hybridized carbons (Fsp3) is 0.364. The molecule has 5 heteroatoms. The van der Waals surface area contributed by atoms with Crippen LogP contribution in [0.4, 0.5) is 13.2 Å². The lowest BCUT2D eigenvalue weighted by Gasteiger charge is -2.18. The fourth-order valence-corrected chi connectivity index (χ4v) is 1.44. The van der Waals surface area contributed by atoms with Crippen molar-refractivity contribution in [1.82, 2.24) is 5.32 Å². The first kappa shape index (κ1) is 12.5. The van der Waals surface area contributed by atoms with Crippen LogP contribution in [0.1, 0.15) is 24.9 Å². The number of halogens is 3. The molecule has 0 saturated heterocycles. The van der Waals surface area contributed by atoms with Gasteiger partial charge in [0, 0.05) is 18.9 Å². The Bertz CT molecular complexity index is 368. The molecule has 1 atom stereocenters. The largest absolute Gasteiger partial charge is 0.349 e. The average molecular weight is 231 g/mol. The number of alkyl halides is 2. The number of benzene rings is 1. The molecule has 1 amide bonds. The molecular weight excluding hydrogens is 219 g/mol. The SMILES string of the molecule is CC(=O)NC(CC(F)F)c1ccccc1F. The van der Waals surface area contributed by atoms with Crippen LogP contribution in [0.25, 0.3) is 0 Å². The molecule has 0 spiro atoms. The van der Waals surface area contributed by atoms with E-state index < -0.39 is 30.6 Å². The number of carbonyl (C=O) groups excluding carboxylic acids is 1. The number of carbonyl (C=O) groups is 1. The van der Waals surface area contributed by atoms with Crippen molar-refractivity contribution >= 4 is 5.91 Å². The van der Waals surface area contributed by atoms with Gasteiger partial charge in [0.15, 0.2) is 0 Å². The summed E-state index contributed by atoms with van der Waals surface area (Å²) in [5.74, 6) is -1.06. The molecule has 1 aromatic carbocycles. The summed E-state index contributed by atoms with van der Waals surface area (Å²) in [5, 5.41) is 2.31. The van der Waals surface area contributed by atoms with Crippen molar-refractivity contribution in [2.45, 2.75) is 25.8 Å². The van der Waals surface area contributed by atoms with Crippen molar-refractivity contribution in [3.8, 4) is 0 Å². The predicted molar refractivity (Wildman–Crippen MR) is 53.6 cm³/mol. The Balaban J connectivity index is 2.91. The lowest BCUT2D eigenvalue weighted by atomic mass is 10.0. The van der Waals surface area contributed by atoms with Crippen LogP contribution in [0, 0.1) is 5.82 Å². The fourth-order valence-electron chi connectivity index (χ4n) is 1.44. The quantitative estimate of drug-likeness (QED) is 0.848. The zero-order valence-corrected chi connectivity index (χ0v) is 8.71. The summed E-state index contributed by atoms with van der Waals surface area (Å²) in [6, 6.07) is 4.58.